The van der Waals surface area contributed by atoms with Crippen molar-refractivity contribution in [2.45, 2.75) is 62.1 Å². The van der Waals surface area contributed by atoms with Gasteiger partial charge in [-0.25, -0.2) is 0 Å². The minimum Gasteiger partial charge on any atom is -0.507 e. The molecule has 0 saturated carbocycles. The summed E-state index contributed by atoms with van der Waals surface area (Å²) < 4.78 is 16.5. The van der Waals surface area contributed by atoms with Crippen molar-refractivity contribution in [3.63, 3.8) is 0 Å². The third-order valence-corrected chi connectivity index (χ3v) is 10.1. The van der Waals surface area contributed by atoms with Crippen LogP contribution in [0.2, 0.25) is 0 Å². The van der Waals surface area contributed by atoms with Crippen molar-refractivity contribution >= 4 is 29.0 Å². The number of ketones is 4. The summed E-state index contributed by atoms with van der Waals surface area (Å²) in [5.41, 5.74) is -4.89. The summed E-state index contributed by atoms with van der Waals surface area (Å²) in [4.78, 5) is 68.5. The Hall–Kier alpha value is -4.55. The van der Waals surface area contributed by atoms with Crippen LogP contribution in [0.5, 0.6) is 11.5 Å². The van der Waals surface area contributed by atoms with E-state index < -0.39 is 140 Å². The summed E-state index contributed by atoms with van der Waals surface area (Å²) in [7, 11) is 2.25. The van der Waals surface area contributed by atoms with Gasteiger partial charge >= 0.3 is 0 Å². The number of phenolic OH excluding ortho intramolecular Hbond substituents is 1. The van der Waals surface area contributed by atoms with Crippen LogP contribution in [0.3, 0.4) is 0 Å². The molecule has 1 saturated heterocycles. The SMILES string of the molecule is CO[C@@H]1[C@@H](O)[C@@H](CO)[C@@H](NC2=CC(=O)c3c(cc4c(c3O)C(=O)[C@]3(OC)[C@H](O)Cc5cc(C)c(C(N)=O)c(O)c5[C@]3(O)C4=O)C2=O)O[C@H]1C. The number of Topliss-reactive ketones (excluding diaryl/α,β-unsaturated/α-hetero) is 3. The molecule has 0 unspecified atom stereocenters. The first-order chi connectivity index (χ1) is 23.0. The summed E-state index contributed by atoms with van der Waals surface area (Å²) in [6.07, 6.45) is -5.64. The van der Waals surface area contributed by atoms with Crippen LogP contribution in [0.25, 0.3) is 0 Å². The monoisotopic (exact) mass is 682 g/mol. The quantitative estimate of drug-likeness (QED) is 0.175. The minimum absolute atomic E-state index is 0.0202. The molecule has 1 amide bonds. The number of methoxy groups -OCH3 is 2. The average Bonchev–Trinajstić information content (AvgIpc) is 3.02. The molecule has 0 bridgehead atoms. The van der Waals surface area contributed by atoms with Crippen molar-refractivity contribution in [2.75, 3.05) is 20.8 Å². The molecular formula is C33H34N2O14. The van der Waals surface area contributed by atoms with E-state index in [1.165, 1.54) is 20.1 Å². The van der Waals surface area contributed by atoms with E-state index in [9.17, 15) is 54.6 Å². The van der Waals surface area contributed by atoms with Crippen LogP contribution in [0.15, 0.2) is 23.9 Å². The molecule has 9 N–H and O–H groups in total. The topological polar surface area (TPSA) is 272 Å². The van der Waals surface area contributed by atoms with Gasteiger partial charge in [0.05, 0.1) is 53.2 Å². The van der Waals surface area contributed by atoms with Gasteiger partial charge in [-0.3, -0.25) is 24.0 Å². The number of fused-ring (bicyclic) bond motifs is 5. The molecule has 2 aromatic carbocycles. The fourth-order valence-corrected chi connectivity index (χ4v) is 7.85. The predicted molar refractivity (Wildman–Crippen MR) is 163 cm³/mol. The predicted octanol–water partition coefficient (Wildman–Crippen LogP) is -1.34. The van der Waals surface area contributed by atoms with Crippen LogP contribution in [0, 0.1) is 12.8 Å². The highest BCUT2D eigenvalue weighted by molar-refractivity contribution is 6.31. The number of primary amides is 1. The third-order valence-electron chi connectivity index (χ3n) is 10.1. The first-order valence-corrected chi connectivity index (χ1v) is 15.2. The lowest BCUT2D eigenvalue weighted by Crippen LogP contribution is -2.73. The summed E-state index contributed by atoms with van der Waals surface area (Å²) in [5, 5.41) is 69.9. The Labute approximate surface area is 277 Å². The van der Waals surface area contributed by atoms with Gasteiger partial charge < -0.3 is 55.9 Å². The smallest absolute Gasteiger partial charge is 0.252 e. The number of rotatable bonds is 6. The molecule has 1 aliphatic heterocycles. The van der Waals surface area contributed by atoms with Gasteiger partial charge in [0.1, 0.15) is 23.8 Å². The molecule has 0 radical (unpaired) electrons. The highest BCUT2D eigenvalue weighted by Crippen LogP contribution is 2.56. The normalized spacial score (nSPS) is 32.1. The zero-order valence-corrected chi connectivity index (χ0v) is 26.6. The van der Waals surface area contributed by atoms with Crippen LogP contribution < -0.4 is 11.1 Å². The van der Waals surface area contributed by atoms with Crippen LogP contribution in [0.1, 0.15) is 75.4 Å². The van der Waals surface area contributed by atoms with Gasteiger partial charge in [0.2, 0.25) is 17.3 Å². The van der Waals surface area contributed by atoms with Crippen molar-refractivity contribution in [3.8, 4) is 11.5 Å². The fourth-order valence-electron chi connectivity index (χ4n) is 7.85. The van der Waals surface area contributed by atoms with Gasteiger partial charge in [0, 0.05) is 43.4 Å². The van der Waals surface area contributed by atoms with Crippen molar-refractivity contribution in [1.82, 2.24) is 5.32 Å². The van der Waals surface area contributed by atoms with E-state index in [0.717, 1.165) is 19.3 Å². The Morgan fingerprint density at radius 2 is 1.73 bits per heavy atom. The summed E-state index contributed by atoms with van der Waals surface area (Å²) >= 11 is 0. The first-order valence-electron chi connectivity index (χ1n) is 15.2. The Kier molecular flexibility index (Phi) is 8.07. The highest BCUT2D eigenvalue weighted by Gasteiger charge is 2.72. The molecule has 2 aromatic rings. The number of phenols is 2. The van der Waals surface area contributed by atoms with Crippen LogP contribution in [-0.4, -0.2) is 117 Å². The molecule has 4 aliphatic rings. The van der Waals surface area contributed by atoms with E-state index in [4.69, 9.17) is 19.9 Å². The standard InChI is InChI=1S/C33H34N2O14/c1-10-5-12-6-18(38)33(48-4)29(44)21-14(28(43)32(33,46)22(12)26(42)19(10)30(34)45)7-13-20(25(21)41)17(37)8-16(23(13)39)35-31-15(9-36)24(40)27(47-3)11(2)49-31/h5,7-8,11,15,18,24,27,31,35-36,38,40-42,46H,6,9H2,1-4H3,(H2,34,45)/t11-,15+,18+,24-,27-,31-,32-,33+/m0/s1. The number of carbonyl (C=O) groups is 5. The highest BCUT2D eigenvalue weighted by atomic mass is 16.6. The lowest BCUT2D eigenvalue weighted by Gasteiger charge is -2.52. The summed E-state index contributed by atoms with van der Waals surface area (Å²) in [5.74, 6) is -8.93. The van der Waals surface area contributed by atoms with Crippen molar-refractivity contribution in [1.29, 1.82) is 0 Å². The number of aliphatic hydroxyl groups excluding tert-OH is 3. The summed E-state index contributed by atoms with van der Waals surface area (Å²) in [6.45, 7) is 2.39. The molecule has 1 fully saturated rings. The molecular weight excluding hydrogens is 648 g/mol. The summed E-state index contributed by atoms with van der Waals surface area (Å²) in [6, 6.07) is 2.12. The van der Waals surface area contributed by atoms with E-state index in [2.05, 4.69) is 5.32 Å². The number of carbonyl (C=O) groups excluding carboxylic acids is 5. The Bertz CT molecular complexity index is 1900. The lowest BCUT2D eigenvalue weighted by atomic mass is 9.56. The fraction of sp³-hybridized carbons (Fsp3) is 0.424. The molecule has 260 valence electrons. The molecule has 16 heteroatoms. The molecule has 6 rings (SSSR count). The maximum absolute atomic E-state index is 14.5. The number of nitrogens with two attached hydrogens (primary N) is 1. The second-order valence-electron chi connectivity index (χ2n) is 12.6. The Balaban J connectivity index is 1.51. The van der Waals surface area contributed by atoms with E-state index >= 15 is 0 Å². The van der Waals surface area contributed by atoms with Gasteiger partial charge in [-0.05, 0) is 31.0 Å². The van der Waals surface area contributed by atoms with Gasteiger partial charge in [0.25, 0.3) is 5.91 Å². The van der Waals surface area contributed by atoms with Gasteiger partial charge in [-0.1, -0.05) is 6.07 Å². The molecule has 0 aromatic heterocycles. The second kappa shape index (κ2) is 11.5. The minimum atomic E-state index is -3.24. The lowest BCUT2D eigenvalue weighted by molar-refractivity contribution is -0.214. The van der Waals surface area contributed by atoms with Gasteiger partial charge in [-0.2, -0.15) is 0 Å². The molecule has 8 atom stereocenters. The number of amides is 1. The number of hydrogen-bond acceptors (Lipinski definition) is 15. The Morgan fingerprint density at radius 3 is 2.33 bits per heavy atom. The number of ether oxygens (including phenoxy) is 3. The van der Waals surface area contributed by atoms with Crippen molar-refractivity contribution in [2.24, 2.45) is 11.7 Å². The van der Waals surface area contributed by atoms with Gasteiger partial charge in [0.15, 0.2) is 17.0 Å². The zero-order valence-electron chi connectivity index (χ0n) is 26.6. The maximum Gasteiger partial charge on any atom is 0.252 e. The first kappa shape index (κ1) is 34.3. The van der Waals surface area contributed by atoms with Crippen LogP contribution in [-0.2, 0) is 26.2 Å². The maximum atomic E-state index is 14.5. The van der Waals surface area contributed by atoms with E-state index in [0.29, 0.717) is 0 Å². The number of allylic oxidation sites excluding steroid dienone is 2. The number of nitrogens with one attached hydrogen (secondary N) is 1. The van der Waals surface area contributed by atoms with Crippen LogP contribution in [0.4, 0.5) is 0 Å². The number of aliphatic hydroxyl groups is 4. The van der Waals surface area contributed by atoms with E-state index in [1.807, 2.05) is 0 Å². The van der Waals surface area contributed by atoms with E-state index in [1.54, 1.807) is 6.92 Å². The number of aryl methyl sites for hydroxylation is 1. The number of aromatic hydroxyl groups is 2. The Morgan fingerprint density at radius 1 is 1.06 bits per heavy atom. The zero-order chi connectivity index (χ0) is 36.1. The van der Waals surface area contributed by atoms with Crippen molar-refractivity contribution < 1.29 is 68.8 Å². The van der Waals surface area contributed by atoms with E-state index in [-0.39, 0.29) is 11.1 Å². The molecule has 3 aliphatic carbocycles. The average molecular weight is 683 g/mol. The molecule has 1 heterocycles. The van der Waals surface area contributed by atoms with Crippen molar-refractivity contribution in [3.05, 3.63) is 68.4 Å². The largest absolute Gasteiger partial charge is 0.507 e. The third kappa shape index (κ3) is 4.32. The molecule has 16 nitrogen and oxygen atoms in total. The molecule has 0 spiro atoms. The molecule has 49 heavy (non-hydrogen) atoms. The number of hydrogen-bond donors (Lipinski definition) is 8. The number of benzene rings is 2. The second-order valence-corrected chi connectivity index (χ2v) is 12.6. The van der Waals surface area contributed by atoms with Gasteiger partial charge in [-0.15, -0.1) is 0 Å². The van der Waals surface area contributed by atoms with Crippen LogP contribution >= 0.6 is 0 Å².